The van der Waals surface area contributed by atoms with Crippen LogP contribution in [0.25, 0.3) is 0 Å². The average Bonchev–Trinajstić information content (AvgIpc) is 2.59. The van der Waals surface area contributed by atoms with Crippen molar-refractivity contribution in [1.82, 2.24) is 10.2 Å². The molecule has 1 heterocycles. The molecule has 6 nitrogen and oxygen atoms in total. The van der Waals surface area contributed by atoms with Gasteiger partial charge in [0.15, 0.2) is 0 Å². The topological polar surface area (TPSA) is 81.7 Å². The van der Waals surface area contributed by atoms with Gasteiger partial charge in [-0.25, -0.2) is 4.79 Å². The van der Waals surface area contributed by atoms with Crippen LogP contribution in [-0.2, 0) is 4.79 Å². The summed E-state index contributed by atoms with van der Waals surface area (Å²) in [5.41, 5.74) is 0.113. The second-order valence-corrected chi connectivity index (χ2v) is 6.82. The van der Waals surface area contributed by atoms with Crippen LogP contribution in [0.1, 0.15) is 32.1 Å². The number of fused-ring (bicyclic) bond motifs is 1. The molecule has 0 radical (unpaired) electrons. The molecule has 1 aromatic carbocycles. The smallest absolute Gasteiger partial charge is 0.317 e. The van der Waals surface area contributed by atoms with Crippen LogP contribution in [0.5, 0.6) is 0 Å². The monoisotopic (exact) mass is 331 g/mol. The van der Waals surface area contributed by atoms with Crippen molar-refractivity contribution < 1.29 is 14.7 Å². The Balaban J connectivity index is 1.46. The second-order valence-electron chi connectivity index (χ2n) is 6.82. The Morgan fingerprint density at radius 1 is 1.21 bits per heavy atom. The molecule has 2 fully saturated rings. The van der Waals surface area contributed by atoms with E-state index in [1.165, 1.54) is 0 Å². The van der Waals surface area contributed by atoms with Crippen molar-refractivity contribution >= 4 is 17.6 Å². The van der Waals surface area contributed by atoms with Crippen LogP contribution in [-0.4, -0.2) is 47.2 Å². The van der Waals surface area contributed by atoms with Gasteiger partial charge in [0.25, 0.3) is 0 Å². The van der Waals surface area contributed by atoms with Gasteiger partial charge in [-0.15, -0.1) is 0 Å². The molecule has 2 aliphatic rings. The lowest BCUT2D eigenvalue weighted by atomic mass is 9.71. The highest BCUT2D eigenvalue weighted by Crippen LogP contribution is 2.39. The van der Waals surface area contributed by atoms with Crippen molar-refractivity contribution in [2.45, 2.75) is 37.7 Å². The van der Waals surface area contributed by atoms with E-state index < -0.39 is 5.60 Å². The molecule has 1 saturated carbocycles. The van der Waals surface area contributed by atoms with Crippen molar-refractivity contribution in [3.05, 3.63) is 30.3 Å². The van der Waals surface area contributed by atoms with E-state index in [-0.39, 0.29) is 24.4 Å². The third-order valence-corrected chi connectivity index (χ3v) is 5.17. The van der Waals surface area contributed by atoms with E-state index in [1.54, 1.807) is 17.0 Å². The minimum absolute atomic E-state index is 0.0564. The minimum Gasteiger partial charge on any atom is -0.389 e. The molecular formula is C18H25N3O3. The number of likely N-dealkylation sites (tertiary alicyclic amines) is 1. The summed E-state index contributed by atoms with van der Waals surface area (Å²) < 4.78 is 0. The summed E-state index contributed by atoms with van der Waals surface area (Å²) in [5.74, 6) is -0.0929. The van der Waals surface area contributed by atoms with E-state index in [0.29, 0.717) is 25.2 Å². The van der Waals surface area contributed by atoms with Gasteiger partial charge in [-0.1, -0.05) is 31.0 Å². The number of rotatable bonds is 3. The fraction of sp³-hybridized carbons (Fsp3) is 0.556. The molecule has 1 aliphatic heterocycles. The molecular weight excluding hydrogens is 306 g/mol. The van der Waals surface area contributed by atoms with Gasteiger partial charge >= 0.3 is 6.03 Å². The number of carbonyl (C=O) groups excluding carboxylic acids is 2. The molecule has 2 atom stereocenters. The number of benzene rings is 1. The van der Waals surface area contributed by atoms with Gasteiger partial charge in [0, 0.05) is 24.7 Å². The number of piperidine rings is 1. The Hall–Kier alpha value is -2.08. The Bertz CT molecular complexity index is 592. The summed E-state index contributed by atoms with van der Waals surface area (Å²) in [4.78, 5) is 25.9. The standard InChI is InChI=1S/C18H25N3O3/c22-16(20-15-7-2-1-3-8-15)12-19-17(23)21-11-10-18(24)9-5-4-6-14(18)13-21/h1-3,7-8,14,24H,4-6,9-13H2,(H,19,23)(H,20,22)/t14-,18+/m1/s1. The van der Waals surface area contributed by atoms with Crippen LogP contribution >= 0.6 is 0 Å². The highest BCUT2D eigenvalue weighted by atomic mass is 16.3. The number of hydrogen-bond donors (Lipinski definition) is 3. The van der Waals surface area contributed by atoms with Crippen molar-refractivity contribution in [3.8, 4) is 0 Å². The molecule has 1 aliphatic carbocycles. The molecule has 0 aromatic heterocycles. The van der Waals surface area contributed by atoms with Gasteiger partial charge in [-0.05, 0) is 31.4 Å². The zero-order valence-electron chi connectivity index (χ0n) is 13.8. The minimum atomic E-state index is -0.598. The number of anilines is 1. The molecule has 1 saturated heterocycles. The lowest BCUT2D eigenvalue weighted by Crippen LogP contribution is -2.56. The zero-order valence-corrected chi connectivity index (χ0v) is 13.8. The number of aliphatic hydroxyl groups is 1. The number of carbonyl (C=O) groups is 2. The molecule has 0 spiro atoms. The zero-order chi connectivity index (χ0) is 17.0. The molecule has 24 heavy (non-hydrogen) atoms. The van der Waals surface area contributed by atoms with Crippen molar-refractivity contribution in [3.63, 3.8) is 0 Å². The summed E-state index contributed by atoms with van der Waals surface area (Å²) in [6, 6.07) is 8.93. The van der Waals surface area contributed by atoms with Crippen molar-refractivity contribution in [2.24, 2.45) is 5.92 Å². The fourth-order valence-corrected chi connectivity index (χ4v) is 3.75. The summed E-state index contributed by atoms with van der Waals surface area (Å²) in [5, 5.41) is 16.1. The highest BCUT2D eigenvalue weighted by molar-refractivity contribution is 5.94. The first-order valence-corrected chi connectivity index (χ1v) is 8.67. The number of nitrogens with one attached hydrogen (secondary N) is 2. The van der Waals surface area contributed by atoms with Crippen LogP contribution in [0.2, 0.25) is 0 Å². The molecule has 6 heteroatoms. The third kappa shape index (κ3) is 3.87. The van der Waals surface area contributed by atoms with E-state index in [1.807, 2.05) is 18.2 Å². The van der Waals surface area contributed by atoms with Gasteiger partial charge in [-0.3, -0.25) is 4.79 Å². The van der Waals surface area contributed by atoms with Gasteiger partial charge < -0.3 is 20.6 Å². The van der Waals surface area contributed by atoms with Gasteiger partial charge in [-0.2, -0.15) is 0 Å². The first-order valence-electron chi connectivity index (χ1n) is 8.67. The number of nitrogens with zero attached hydrogens (tertiary/aromatic N) is 1. The molecule has 3 amide bonds. The van der Waals surface area contributed by atoms with E-state index in [9.17, 15) is 14.7 Å². The average molecular weight is 331 g/mol. The maximum Gasteiger partial charge on any atom is 0.317 e. The number of amides is 3. The quantitative estimate of drug-likeness (QED) is 0.792. The maximum atomic E-state index is 12.3. The summed E-state index contributed by atoms with van der Waals surface area (Å²) in [6.45, 7) is 1.06. The Labute approximate surface area is 142 Å². The van der Waals surface area contributed by atoms with Crippen molar-refractivity contribution in [1.29, 1.82) is 0 Å². The van der Waals surface area contributed by atoms with Crippen LogP contribution in [0, 0.1) is 5.92 Å². The summed E-state index contributed by atoms with van der Waals surface area (Å²) >= 11 is 0. The largest absolute Gasteiger partial charge is 0.389 e. The molecule has 1 aromatic rings. The van der Waals surface area contributed by atoms with E-state index in [0.717, 1.165) is 25.7 Å². The van der Waals surface area contributed by atoms with Gasteiger partial charge in [0.1, 0.15) is 0 Å². The highest BCUT2D eigenvalue weighted by Gasteiger charge is 2.43. The molecule has 130 valence electrons. The number of urea groups is 1. The summed E-state index contributed by atoms with van der Waals surface area (Å²) in [7, 11) is 0. The molecule has 3 N–H and O–H groups in total. The summed E-state index contributed by atoms with van der Waals surface area (Å²) in [6.07, 6.45) is 4.61. The number of para-hydroxylation sites is 1. The van der Waals surface area contributed by atoms with Gasteiger partial charge in [0.05, 0.1) is 12.1 Å². The fourth-order valence-electron chi connectivity index (χ4n) is 3.75. The lowest BCUT2D eigenvalue weighted by molar-refractivity contribution is -0.115. The second kappa shape index (κ2) is 7.21. The number of hydrogen-bond acceptors (Lipinski definition) is 3. The Kier molecular flexibility index (Phi) is 5.04. The first kappa shape index (κ1) is 16.8. The SMILES string of the molecule is O=C(CNC(=O)N1CC[C@@]2(O)CCCC[C@@H]2C1)Nc1ccccc1. The van der Waals surface area contributed by atoms with E-state index in [2.05, 4.69) is 10.6 Å². The molecule has 0 bridgehead atoms. The normalized spacial score (nSPS) is 26.4. The third-order valence-electron chi connectivity index (χ3n) is 5.17. The first-order chi connectivity index (χ1) is 11.6. The van der Waals surface area contributed by atoms with Gasteiger partial charge in [0.2, 0.25) is 5.91 Å². The van der Waals surface area contributed by atoms with Crippen LogP contribution in [0.15, 0.2) is 30.3 Å². The van der Waals surface area contributed by atoms with E-state index >= 15 is 0 Å². The van der Waals surface area contributed by atoms with Crippen LogP contribution < -0.4 is 10.6 Å². The Morgan fingerprint density at radius 2 is 2.00 bits per heavy atom. The van der Waals surface area contributed by atoms with Crippen LogP contribution in [0.4, 0.5) is 10.5 Å². The van der Waals surface area contributed by atoms with E-state index in [4.69, 9.17) is 0 Å². The maximum absolute atomic E-state index is 12.3. The predicted octanol–water partition coefficient (Wildman–Crippen LogP) is 1.96. The predicted molar refractivity (Wildman–Crippen MR) is 91.6 cm³/mol. The van der Waals surface area contributed by atoms with Crippen molar-refractivity contribution in [2.75, 3.05) is 25.0 Å². The van der Waals surface area contributed by atoms with Crippen LogP contribution in [0.3, 0.4) is 0 Å². The molecule has 0 unspecified atom stereocenters. The molecule has 3 rings (SSSR count). The lowest BCUT2D eigenvalue weighted by Gasteiger charge is -2.47. The Morgan fingerprint density at radius 3 is 2.79 bits per heavy atom.